The zero-order chi connectivity index (χ0) is 13.2. The highest BCUT2D eigenvalue weighted by Gasteiger charge is 2.18. The Kier molecular flexibility index (Phi) is 4.45. The number of halogens is 1. The van der Waals surface area contributed by atoms with Gasteiger partial charge in [0.2, 0.25) is 0 Å². The Hall–Kier alpha value is -0.390. The smallest absolute Gasteiger partial charge is 0.148 e. The van der Waals surface area contributed by atoms with E-state index in [4.69, 9.17) is 0 Å². The molecule has 0 spiro atoms. The fourth-order valence-electron chi connectivity index (χ4n) is 2.35. The van der Waals surface area contributed by atoms with Crippen molar-refractivity contribution in [3.63, 3.8) is 0 Å². The molecule has 0 fully saturated rings. The van der Waals surface area contributed by atoms with Crippen molar-refractivity contribution in [2.75, 3.05) is 18.6 Å². The van der Waals surface area contributed by atoms with Crippen molar-refractivity contribution in [1.29, 1.82) is 0 Å². The summed E-state index contributed by atoms with van der Waals surface area (Å²) in [5.41, 5.74) is 2.78. The Morgan fingerprint density at radius 1 is 1.39 bits per heavy atom. The average molecular weight is 332 g/mol. The maximum Gasteiger partial charge on any atom is 0.148 e. The van der Waals surface area contributed by atoms with E-state index in [2.05, 4.69) is 39.4 Å². The number of aryl methyl sites for hydroxylation is 1. The molecule has 100 valence electrons. The van der Waals surface area contributed by atoms with Crippen molar-refractivity contribution in [3.8, 4) is 0 Å². The van der Waals surface area contributed by atoms with Gasteiger partial charge in [-0.15, -0.1) is 0 Å². The zero-order valence-corrected chi connectivity index (χ0v) is 12.9. The van der Waals surface area contributed by atoms with Crippen molar-refractivity contribution in [3.05, 3.63) is 33.8 Å². The highest BCUT2D eigenvalue weighted by atomic mass is 79.9. The number of nitrogens with one attached hydrogen (secondary N) is 1. The van der Waals surface area contributed by atoms with Crippen LogP contribution in [0.25, 0.3) is 0 Å². The van der Waals surface area contributed by atoms with E-state index >= 15 is 0 Å². The van der Waals surface area contributed by atoms with Gasteiger partial charge in [0.1, 0.15) is 9.84 Å². The SMILES string of the molecule is CS(=O)(=O)CCNC1CCc2cc(Br)ccc2C1. The number of hydrogen-bond donors (Lipinski definition) is 1. The molecule has 0 aliphatic heterocycles. The van der Waals surface area contributed by atoms with Gasteiger partial charge in [0.15, 0.2) is 0 Å². The van der Waals surface area contributed by atoms with Gasteiger partial charge in [-0.2, -0.15) is 0 Å². The van der Waals surface area contributed by atoms with Crippen molar-refractivity contribution in [1.82, 2.24) is 5.32 Å². The number of hydrogen-bond acceptors (Lipinski definition) is 3. The topological polar surface area (TPSA) is 46.2 Å². The van der Waals surface area contributed by atoms with Crippen molar-refractivity contribution >= 4 is 25.8 Å². The first kappa shape index (κ1) is 14.0. The lowest BCUT2D eigenvalue weighted by Crippen LogP contribution is -2.37. The van der Waals surface area contributed by atoms with Gasteiger partial charge in [0.25, 0.3) is 0 Å². The van der Waals surface area contributed by atoms with Crippen LogP contribution in [-0.2, 0) is 22.7 Å². The standard InChI is InChI=1S/C13H18BrNO2S/c1-18(16,17)7-6-15-13-5-3-10-8-12(14)4-2-11(10)9-13/h2,4,8,13,15H,3,5-7,9H2,1H3. The Morgan fingerprint density at radius 3 is 2.89 bits per heavy atom. The highest BCUT2D eigenvalue weighted by Crippen LogP contribution is 2.24. The quantitative estimate of drug-likeness (QED) is 0.917. The van der Waals surface area contributed by atoms with E-state index in [0.29, 0.717) is 12.6 Å². The van der Waals surface area contributed by atoms with E-state index in [1.54, 1.807) is 0 Å². The second-order valence-electron chi connectivity index (χ2n) is 4.94. The largest absolute Gasteiger partial charge is 0.313 e. The molecule has 0 saturated heterocycles. The maximum atomic E-state index is 11.1. The number of fused-ring (bicyclic) bond motifs is 1. The van der Waals surface area contributed by atoms with Crippen LogP contribution in [0.1, 0.15) is 17.5 Å². The van der Waals surface area contributed by atoms with Gasteiger partial charge in [-0.3, -0.25) is 0 Å². The van der Waals surface area contributed by atoms with Crippen LogP contribution in [0.3, 0.4) is 0 Å². The first-order chi connectivity index (χ1) is 8.44. The highest BCUT2D eigenvalue weighted by molar-refractivity contribution is 9.10. The van der Waals surface area contributed by atoms with Crippen LogP contribution in [-0.4, -0.2) is 33.0 Å². The lowest BCUT2D eigenvalue weighted by molar-refractivity contribution is 0.469. The summed E-state index contributed by atoms with van der Waals surface area (Å²) in [5.74, 6) is 0.219. The first-order valence-electron chi connectivity index (χ1n) is 6.12. The van der Waals surface area contributed by atoms with Gasteiger partial charge in [0.05, 0.1) is 5.75 Å². The monoisotopic (exact) mass is 331 g/mol. The predicted octanol–water partition coefficient (Wildman–Crippen LogP) is 1.94. The summed E-state index contributed by atoms with van der Waals surface area (Å²) in [4.78, 5) is 0. The van der Waals surface area contributed by atoms with E-state index < -0.39 is 9.84 Å². The van der Waals surface area contributed by atoms with Gasteiger partial charge in [0, 0.05) is 23.3 Å². The lowest BCUT2D eigenvalue weighted by Gasteiger charge is -2.25. The molecule has 1 aliphatic rings. The van der Waals surface area contributed by atoms with E-state index in [9.17, 15) is 8.42 Å². The third kappa shape index (κ3) is 4.07. The van der Waals surface area contributed by atoms with Gasteiger partial charge >= 0.3 is 0 Å². The van der Waals surface area contributed by atoms with Crippen molar-refractivity contribution in [2.45, 2.75) is 25.3 Å². The molecule has 1 atom stereocenters. The number of rotatable bonds is 4. The van der Waals surface area contributed by atoms with Crippen LogP contribution in [0, 0.1) is 0 Å². The molecule has 0 radical (unpaired) electrons. The molecular weight excluding hydrogens is 314 g/mol. The lowest BCUT2D eigenvalue weighted by atomic mass is 9.88. The Balaban J connectivity index is 1.90. The Bertz CT molecular complexity index is 528. The second-order valence-corrected chi connectivity index (χ2v) is 8.11. The van der Waals surface area contributed by atoms with Crippen LogP contribution in [0.4, 0.5) is 0 Å². The molecule has 2 rings (SSSR count). The second kappa shape index (κ2) is 5.72. The van der Waals surface area contributed by atoms with Gasteiger partial charge in [-0.05, 0) is 42.5 Å². The molecule has 0 amide bonds. The molecule has 3 nitrogen and oxygen atoms in total. The third-order valence-electron chi connectivity index (χ3n) is 3.30. The van der Waals surface area contributed by atoms with Gasteiger partial charge < -0.3 is 5.32 Å². The van der Waals surface area contributed by atoms with E-state index in [1.807, 2.05) is 0 Å². The molecule has 5 heteroatoms. The van der Waals surface area contributed by atoms with Gasteiger partial charge in [-0.25, -0.2) is 8.42 Å². The molecule has 18 heavy (non-hydrogen) atoms. The van der Waals surface area contributed by atoms with Crippen molar-refractivity contribution in [2.24, 2.45) is 0 Å². The van der Waals surface area contributed by atoms with Crippen LogP contribution in [0.5, 0.6) is 0 Å². The predicted molar refractivity (Wildman–Crippen MR) is 77.7 cm³/mol. The van der Waals surface area contributed by atoms with Crippen LogP contribution in [0.2, 0.25) is 0 Å². The number of benzene rings is 1. The third-order valence-corrected chi connectivity index (χ3v) is 4.74. The zero-order valence-electron chi connectivity index (χ0n) is 10.4. The van der Waals surface area contributed by atoms with Crippen LogP contribution in [0.15, 0.2) is 22.7 Å². The minimum absolute atomic E-state index is 0.219. The van der Waals surface area contributed by atoms with E-state index in [0.717, 1.165) is 23.7 Å². The Morgan fingerprint density at radius 2 is 2.17 bits per heavy atom. The Labute approximate surface area is 117 Å². The molecule has 1 N–H and O–H groups in total. The molecule has 0 bridgehead atoms. The van der Waals surface area contributed by atoms with E-state index in [1.165, 1.54) is 17.4 Å². The summed E-state index contributed by atoms with van der Waals surface area (Å²) in [7, 11) is -2.86. The summed E-state index contributed by atoms with van der Waals surface area (Å²) in [6.07, 6.45) is 4.41. The van der Waals surface area contributed by atoms with Crippen LogP contribution < -0.4 is 5.32 Å². The first-order valence-corrected chi connectivity index (χ1v) is 8.98. The minimum atomic E-state index is -2.86. The number of sulfone groups is 1. The van der Waals surface area contributed by atoms with E-state index in [-0.39, 0.29) is 5.75 Å². The summed E-state index contributed by atoms with van der Waals surface area (Å²) in [6.45, 7) is 0.551. The molecular formula is C13H18BrNO2S. The summed E-state index contributed by atoms with van der Waals surface area (Å²) < 4.78 is 23.3. The molecule has 1 aromatic rings. The summed E-state index contributed by atoms with van der Waals surface area (Å²) >= 11 is 3.49. The molecule has 0 aromatic heterocycles. The fourth-order valence-corrected chi connectivity index (χ4v) is 3.24. The summed E-state index contributed by atoms with van der Waals surface area (Å²) in [6, 6.07) is 6.81. The minimum Gasteiger partial charge on any atom is -0.313 e. The average Bonchev–Trinajstić information content (AvgIpc) is 2.27. The molecule has 0 heterocycles. The summed E-state index contributed by atoms with van der Waals surface area (Å²) in [5, 5.41) is 3.34. The molecule has 1 unspecified atom stereocenters. The maximum absolute atomic E-state index is 11.1. The van der Waals surface area contributed by atoms with Crippen molar-refractivity contribution < 1.29 is 8.42 Å². The molecule has 0 saturated carbocycles. The fraction of sp³-hybridized carbons (Fsp3) is 0.538. The van der Waals surface area contributed by atoms with Gasteiger partial charge in [-0.1, -0.05) is 22.0 Å². The molecule has 1 aromatic carbocycles. The van der Waals surface area contributed by atoms with Crippen LogP contribution >= 0.6 is 15.9 Å². The molecule has 1 aliphatic carbocycles. The normalized spacial score (nSPS) is 19.6.